The second-order valence-corrected chi connectivity index (χ2v) is 8.38. The molecule has 3 N–H and O–H groups in total. The van der Waals surface area contributed by atoms with E-state index in [2.05, 4.69) is 4.99 Å². The first-order valence-corrected chi connectivity index (χ1v) is 10.5. The van der Waals surface area contributed by atoms with E-state index in [1.165, 1.54) is 36.4 Å². The van der Waals surface area contributed by atoms with Gasteiger partial charge in [-0.15, -0.1) is 0 Å². The summed E-state index contributed by atoms with van der Waals surface area (Å²) in [4.78, 5) is 16.2. The van der Waals surface area contributed by atoms with E-state index in [1.807, 2.05) is 13.8 Å². The standard InChI is InChI=1S/C20H22N2O6S/c1-13(2)27-16-10-14(20(24)22-19(21)8-9-23)11-17(12-16)28-15-4-6-18(7-5-15)29(3,25)26/h4-13,23H,1-3H3,(H2,21,22,24)/b9-8-. The molecule has 2 aromatic carbocycles. The van der Waals surface area contributed by atoms with Gasteiger partial charge in [-0.25, -0.2) is 8.42 Å². The molecule has 0 aliphatic carbocycles. The summed E-state index contributed by atoms with van der Waals surface area (Å²) < 4.78 is 34.5. The summed E-state index contributed by atoms with van der Waals surface area (Å²) in [5.41, 5.74) is 5.69. The van der Waals surface area contributed by atoms with E-state index < -0.39 is 15.7 Å². The highest BCUT2D eigenvalue weighted by Crippen LogP contribution is 2.29. The first-order chi connectivity index (χ1) is 13.6. The molecule has 29 heavy (non-hydrogen) atoms. The predicted octanol–water partition coefficient (Wildman–Crippen LogP) is 3.24. The number of sulfone groups is 1. The number of nitrogens with two attached hydrogens (primary N) is 1. The smallest absolute Gasteiger partial charge is 0.279 e. The molecule has 0 heterocycles. The van der Waals surface area contributed by atoms with Crippen molar-refractivity contribution in [3.63, 3.8) is 0 Å². The lowest BCUT2D eigenvalue weighted by Crippen LogP contribution is -2.12. The van der Waals surface area contributed by atoms with Crippen molar-refractivity contribution in [3.8, 4) is 17.2 Å². The van der Waals surface area contributed by atoms with Gasteiger partial charge in [0.2, 0.25) is 0 Å². The first kappa shape index (κ1) is 22.0. The van der Waals surface area contributed by atoms with Crippen LogP contribution in [0.4, 0.5) is 0 Å². The molecule has 0 aliphatic heterocycles. The molecule has 0 atom stereocenters. The Morgan fingerprint density at radius 1 is 1.10 bits per heavy atom. The fourth-order valence-corrected chi connectivity index (χ4v) is 2.91. The van der Waals surface area contributed by atoms with Gasteiger partial charge < -0.3 is 20.3 Å². The Hall–Kier alpha value is -3.33. The van der Waals surface area contributed by atoms with E-state index in [0.29, 0.717) is 23.5 Å². The van der Waals surface area contributed by atoms with Crippen molar-refractivity contribution in [3.05, 3.63) is 60.4 Å². The predicted molar refractivity (Wildman–Crippen MR) is 110 cm³/mol. The Kier molecular flexibility index (Phi) is 7.00. The summed E-state index contributed by atoms with van der Waals surface area (Å²) in [5, 5.41) is 8.71. The van der Waals surface area contributed by atoms with Gasteiger partial charge in [0.15, 0.2) is 9.84 Å². The minimum atomic E-state index is -3.32. The van der Waals surface area contributed by atoms with Crippen LogP contribution in [0.3, 0.4) is 0 Å². The Balaban J connectivity index is 2.37. The Bertz CT molecular complexity index is 1040. The average molecular weight is 418 g/mol. The molecule has 0 aliphatic rings. The van der Waals surface area contributed by atoms with Crippen LogP contribution in [0.1, 0.15) is 24.2 Å². The van der Waals surface area contributed by atoms with Gasteiger partial charge in [0.05, 0.1) is 17.3 Å². The molecule has 0 bridgehead atoms. The Labute approximate surface area is 169 Å². The zero-order valence-electron chi connectivity index (χ0n) is 16.2. The monoisotopic (exact) mass is 418 g/mol. The van der Waals surface area contributed by atoms with Crippen LogP contribution in [0.5, 0.6) is 17.2 Å². The fraction of sp³-hybridized carbons (Fsp3) is 0.200. The van der Waals surface area contributed by atoms with Crippen LogP contribution in [-0.4, -0.2) is 37.6 Å². The van der Waals surface area contributed by atoms with Gasteiger partial charge in [-0.3, -0.25) is 4.79 Å². The normalized spacial score (nSPS) is 12.3. The van der Waals surface area contributed by atoms with Gasteiger partial charge >= 0.3 is 0 Å². The molecular weight excluding hydrogens is 396 g/mol. The highest BCUT2D eigenvalue weighted by Gasteiger charge is 2.13. The second-order valence-electron chi connectivity index (χ2n) is 6.36. The third-order valence-electron chi connectivity index (χ3n) is 3.46. The molecule has 0 aromatic heterocycles. The highest BCUT2D eigenvalue weighted by molar-refractivity contribution is 7.90. The summed E-state index contributed by atoms with van der Waals surface area (Å²) in [5.74, 6) is 0.257. The van der Waals surface area contributed by atoms with Crippen molar-refractivity contribution in [2.45, 2.75) is 24.8 Å². The summed E-state index contributed by atoms with van der Waals surface area (Å²) in [6.45, 7) is 3.67. The van der Waals surface area contributed by atoms with Crippen molar-refractivity contribution in [1.29, 1.82) is 0 Å². The Morgan fingerprint density at radius 2 is 1.72 bits per heavy atom. The lowest BCUT2D eigenvalue weighted by atomic mass is 10.2. The molecule has 0 radical (unpaired) electrons. The molecule has 8 nitrogen and oxygen atoms in total. The number of carbonyl (C=O) groups is 1. The summed E-state index contributed by atoms with van der Waals surface area (Å²) >= 11 is 0. The molecule has 0 fully saturated rings. The topological polar surface area (TPSA) is 128 Å². The molecule has 1 amide bonds. The third-order valence-corrected chi connectivity index (χ3v) is 4.59. The minimum Gasteiger partial charge on any atom is -0.515 e. The zero-order valence-corrected chi connectivity index (χ0v) is 17.0. The molecule has 0 spiro atoms. The average Bonchev–Trinajstić information content (AvgIpc) is 2.60. The molecule has 0 saturated heterocycles. The number of rotatable bonds is 7. The number of ether oxygens (including phenoxy) is 2. The third kappa shape index (κ3) is 6.65. The lowest BCUT2D eigenvalue weighted by molar-refractivity contribution is 0.100. The van der Waals surface area contributed by atoms with Crippen LogP contribution in [-0.2, 0) is 9.84 Å². The van der Waals surface area contributed by atoms with Crippen LogP contribution >= 0.6 is 0 Å². The number of aliphatic hydroxyl groups excluding tert-OH is 1. The van der Waals surface area contributed by atoms with Crippen LogP contribution < -0.4 is 15.2 Å². The maximum Gasteiger partial charge on any atom is 0.279 e. The van der Waals surface area contributed by atoms with Crippen molar-refractivity contribution < 1.29 is 27.8 Å². The number of aliphatic imine (C=N–C) groups is 1. The van der Waals surface area contributed by atoms with Crippen LogP contribution in [0, 0.1) is 0 Å². The highest BCUT2D eigenvalue weighted by atomic mass is 32.2. The van der Waals surface area contributed by atoms with E-state index in [1.54, 1.807) is 6.07 Å². The molecule has 0 saturated carbocycles. The van der Waals surface area contributed by atoms with E-state index >= 15 is 0 Å². The summed E-state index contributed by atoms with van der Waals surface area (Å²) in [7, 11) is -3.32. The van der Waals surface area contributed by atoms with E-state index in [-0.39, 0.29) is 22.4 Å². The molecular formula is C20H22N2O6S. The Morgan fingerprint density at radius 3 is 2.28 bits per heavy atom. The molecule has 9 heteroatoms. The summed E-state index contributed by atoms with van der Waals surface area (Å²) in [6.07, 6.45) is 2.73. The van der Waals surface area contributed by atoms with Gasteiger partial charge in [-0.05, 0) is 50.2 Å². The van der Waals surface area contributed by atoms with Crippen molar-refractivity contribution >= 4 is 21.6 Å². The number of nitrogens with zero attached hydrogens (tertiary/aromatic N) is 1. The minimum absolute atomic E-state index is 0.145. The largest absolute Gasteiger partial charge is 0.515 e. The number of hydrogen-bond acceptors (Lipinski definition) is 6. The fourth-order valence-electron chi connectivity index (χ4n) is 2.28. The molecule has 2 rings (SSSR count). The number of amidine groups is 1. The van der Waals surface area contributed by atoms with Crippen LogP contribution in [0.2, 0.25) is 0 Å². The van der Waals surface area contributed by atoms with E-state index in [4.69, 9.17) is 20.3 Å². The van der Waals surface area contributed by atoms with Gasteiger partial charge in [-0.2, -0.15) is 4.99 Å². The van der Waals surface area contributed by atoms with Gasteiger partial charge in [0, 0.05) is 24.0 Å². The van der Waals surface area contributed by atoms with E-state index in [0.717, 1.165) is 12.3 Å². The van der Waals surface area contributed by atoms with Gasteiger partial charge in [0.25, 0.3) is 5.91 Å². The number of hydrogen-bond donors (Lipinski definition) is 2. The number of aliphatic hydroxyl groups is 1. The van der Waals surface area contributed by atoms with E-state index in [9.17, 15) is 13.2 Å². The number of carbonyl (C=O) groups excluding carboxylic acids is 1. The van der Waals surface area contributed by atoms with Gasteiger partial charge in [-0.1, -0.05) is 0 Å². The quantitative estimate of drug-likeness (QED) is 0.401. The SMILES string of the molecule is CC(C)Oc1cc(Oc2ccc(S(C)(=O)=O)cc2)cc(C(=O)N=C(N)/C=C\O)c1. The van der Waals surface area contributed by atoms with Crippen molar-refractivity contribution in [1.82, 2.24) is 0 Å². The van der Waals surface area contributed by atoms with Crippen molar-refractivity contribution in [2.24, 2.45) is 10.7 Å². The van der Waals surface area contributed by atoms with Crippen LogP contribution in [0.25, 0.3) is 0 Å². The molecule has 0 unspecified atom stereocenters. The van der Waals surface area contributed by atoms with Crippen molar-refractivity contribution in [2.75, 3.05) is 6.26 Å². The maximum atomic E-state index is 12.4. The number of amides is 1. The van der Waals surface area contributed by atoms with Gasteiger partial charge in [0.1, 0.15) is 23.1 Å². The second kappa shape index (κ2) is 9.24. The molecule has 154 valence electrons. The molecule has 2 aromatic rings. The number of benzene rings is 2. The lowest BCUT2D eigenvalue weighted by Gasteiger charge is -2.13. The zero-order chi connectivity index (χ0) is 21.6. The summed E-state index contributed by atoms with van der Waals surface area (Å²) in [6, 6.07) is 10.4. The van der Waals surface area contributed by atoms with Crippen LogP contribution in [0.15, 0.2) is 64.7 Å². The first-order valence-electron chi connectivity index (χ1n) is 8.57. The maximum absolute atomic E-state index is 12.4.